The van der Waals surface area contributed by atoms with Gasteiger partial charge in [-0.05, 0) is 41.9 Å². The molecule has 0 aliphatic carbocycles. The molecule has 2 aliphatic heterocycles. The average Bonchev–Trinajstić information content (AvgIpc) is 2.73. The Bertz CT molecular complexity index is 752. The van der Waals surface area contributed by atoms with E-state index in [4.69, 9.17) is 4.74 Å². The second-order valence-electron chi connectivity index (χ2n) is 7.60. The lowest BCUT2D eigenvalue weighted by molar-refractivity contribution is -0.141. The van der Waals surface area contributed by atoms with Gasteiger partial charge in [0.25, 0.3) is 0 Å². The third-order valence-corrected chi connectivity index (χ3v) is 6.08. The van der Waals surface area contributed by atoms with Crippen molar-refractivity contribution in [1.29, 1.82) is 0 Å². The minimum Gasteiger partial charge on any atom is -0.381 e. The number of ether oxygens (including phenoxy) is 1. The summed E-state index contributed by atoms with van der Waals surface area (Å²) in [7, 11) is 0. The van der Waals surface area contributed by atoms with Gasteiger partial charge in [0, 0.05) is 25.7 Å². The van der Waals surface area contributed by atoms with Crippen LogP contribution in [0.5, 0.6) is 0 Å². The van der Waals surface area contributed by atoms with Crippen molar-refractivity contribution in [3.05, 3.63) is 71.3 Å². The normalized spacial score (nSPS) is 21.9. The Morgan fingerprint density at radius 1 is 1.00 bits per heavy atom. The predicted molar refractivity (Wildman–Crippen MR) is 103 cm³/mol. The lowest BCUT2D eigenvalue weighted by Gasteiger charge is -2.40. The average molecular weight is 349 g/mol. The smallest absolute Gasteiger partial charge is 0.226 e. The monoisotopic (exact) mass is 349 g/mol. The Morgan fingerprint density at radius 2 is 1.65 bits per heavy atom. The van der Waals surface area contributed by atoms with Gasteiger partial charge in [-0.15, -0.1) is 0 Å². The van der Waals surface area contributed by atoms with Gasteiger partial charge in [-0.25, -0.2) is 0 Å². The molecule has 2 heterocycles. The Kier molecular flexibility index (Phi) is 5.07. The second kappa shape index (κ2) is 7.63. The molecule has 3 nitrogen and oxygen atoms in total. The van der Waals surface area contributed by atoms with Crippen LogP contribution in [0.15, 0.2) is 54.6 Å². The zero-order valence-electron chi connectivity index (χ0n) is 15.4. The summed E-state index contributed by atoms with van der Waals surface area (Å²) < 4.78 is 5.49. The van der Waals surface area contributed by atoms with Crippen molar-refractivity contribution < 1.29 is 9.53 Å². The van der Waals surface area contributed by atoms with Gasteiger partial charge in [0.2, 0.25) is 5.91 Å². The van der Waals surface area contributed by atoms with Gasteiger partial charge in [-0.1, -0.05) is 61.5 Å². The number of carbonyl (C=O) groups excluding carboxylic acids is 1. The van der Waals surface area contributed by atoms with E-state index in [1.807, 2.05) is 6.07 Å². The molecule has 2 atom stereocenters. The van der Waals surface area contributed by atoms with Crippen molar-refractivity contribution in [3.63, 3.8) is 0 Å². The molecule has 0 N–H and O–H groups in total. The molecule has 136 valence electrons. The Morgan fingerprint density at radius 3 is 2.38 bits per heavy atom. The van der Waals surface area contributed by atoms with Crippen molar-refractivity contribution in [3.8, 4) is 0 Å². The summed E-state index contributed by atoms with van der Waals surface area (Å²) in [4.78, 5) is 15.6. The van der Waals surface area contributed by atoms with Crippen molar-refractivity contribution >= 4 is 5.91 Å². The molecule has 1 saturated heterocycles. The third kappa shape index (κ3) is 3.41. The van der Waals surface area contributed by atoms with Crippen LogP contribution >= 0.6 is 0 Å². The van der Waals surface area contributed by atoms with E-state index in [9.17, 15) is 4.79 Å². The Balaban J connectivity index is 1.63. The molecule has 0 saturated carbocycles. The van der Waals surface area contributed by atoms with Crippen LogP contribution in [0.2, 0.25) is 0 Å². The number of fused-ring (bicyclic) bond motifs is 1. The van der Waals surface area contributed by atoms with Gasteiger partial charge in [-0.3, -0.25) is 4.79 Å². The Labute approximate surface area is 156 Å². The number of nitrogens with zero attached hydrogens (tertiary/aromatic N) is 1. The second-order valence-corrected chi connectivity index (χ2v) is 7.60. The molecular weight excluding hydrogens is 322 g/mol. The van der Waals surface area contributed by atoms with Crippen LogP contribution in [0.3, 0.4) is 0 Å². The first-order valence-corrected chi connectivity index (χ1v) is 9.74. The first-order valence-electron chi connectivity index (χ1n) is 9.74. The van der Waals surface area contributed by atoms with Gasteiger partial charge in [-0.2, -0.15) is 0 Å². The van der Waals surface area contributed by atoms with Crippen LogP contribution in [0, 0.1) is 11.8 Å². The lowest BCUT2D eigenvalue weighted by Crippen LogP contribution is -2.43. The van der Waals surface area contributed by atoms with E-state index in [1.165, 1.54) is 16.7 Å². The molecule has 2 aromatic rings. The minimum atomic E-state index is 0.0513. The first-order chi connectivity index (χ1) is 12.7. The largest absolute Gasteiger partial charge is 0.381 e. The molecule has 3 heteroatoms. The van der Waals surface area contributed by atoms with Gasteiger partial charge in [0.05, 0.1) is 6.04 Å². The topological polar surface area (TPSA) is 29.5 Å². The highest BCUT2D eigenvalue weighted by Crippen LogP contribution is 2.36. The van der Waals surface area contributed by atoms with E-state index in [-0.39, 0.29) is 12.0 Å². The Hall–Kier alpha value is -2.13. The number of amides is 1. The fraction of sp³-hybridized carbons (Fsp3) is 0.435. The molecule has 1 fully saturated rings. The zero-order chi connectivity index (χ0) is 17.9. The van der Waals surface area contributed by atoms with Gasteiger partial charge in [0.15, 0.2) is 0 Å². The summed E-state index contributed by atoms with van der Waals surface area (Å²) in [6.45, 7) is 4.39. The van der Waals surface area contributed by atoms with Crippen molar-refractivity contribution in [2.45, 2.75) is 38.8 Å². The highest BCUT2D eigenvalue weighted by Gasteiger charge is 2.35. The molecule has 1 amide bonds. The summed E-state index contributed by atoms with van der Waals surface area (Å²) in [6, 6.07) is 19.1. The summed E-state index contributed by atoms with van der Waals surface area (Å²) in [5, 5.41) is 0. The van der Waals surface area contributed by atoms with E-state index in [1.54, 1.807) is 0 Å². The van der Waals surface area contributed by atoms with Gasteiger partial charge in [0.1, 0.15) is 0 Å². The van der Waals surface area contributed by atoms with Crippen LogP contribution in [0.1, 0.15) is 42.5 Å². The molecule has 26 heavy (non-hydrogen) atoms. The van der Waals surface area contributed by atoms with Crippen LogP contribution in [0.25, 0.3) is 0 Å². The molecule has 2 aliphatic rings. The van der Waals surface area contributed by atoms with E-state index >= 15 is 0 Å². The van der Waals surface area contributed by atoms with E-state index in [0.29, 0.717) is 18.4 Å². The molecule has 0 radical (unpaired) electrons. The molecule has 4 rings (SSSR count). The van der Waals surface area contributed by atoms with Gasteiger partial charge < -0.3 is 9.64 Å². The molecule has 0 unspecified atom stereocenters. The van der Waals surface area contributed by atoms with Crippen molar-refractivity contribution in [2.24, 2.45) is 11.8 Å². The highest BCUT2D eigenvalue weighted by molar-refractivity contribution is 5.79. The quantitative estimate of drug-likeness (QED) is 0.823. The van der Waals surface area contributed by atoms with Crippen LogP contribution in [-0.4, -0.2) is 24.0 Å². The fourth-order valence-corrected chi connectivity index (χ4v) is 4.41. The fourth-order valence-electron chi connectivity index (χ4n) is 4.41. The van der Waals surface area contributed by atoms with Crippen LogP contribution in [-0.2, 0) is 22.5 Å². The maximum Gasteiger partial charge on any atom is 0.226 e. The SMILES string of the molecule is C[C@@H](C(=O)N1Cc2ccccc2C[C@@H]1c1ccccc1)C1CCOCC1. The number of rotatable bonds is 3. The van der Waals surface area contributed by atoms with E-state index in [0.717, 1.165) is 32.5 Å². The maximum absolute atomic E-state index is 13.5. The first kappa shape index (κ1) is 17.3. The number of carbonyl (C=O) groups is 1. The standard InChI is InChI=1S/C23H27NO2/c1-17(18-11-13-26-14-12-18)23(25)24-16-21-10-6-5-9-20(21)15-22(24)19-7-3-2-4-8-19/h2-10,17-18,22H,11-16H2,1H3/t17-,22-/m1/s1. The summed E-state index contributed by atoms with van der Waals surface area (Å²) >= 11 is 0. The number of benzene rings is 2. The predicted octanol–water partition coefficient (Wildman–Crippen LogP) is 4.38. The molecular formula is C23H27NO2. The maximum atomic E-state index is 13.5. The van der Waals surface area contributed by atoms with Gasteiger partial charge >= 0.3 is 0 Å². The molecule has 0 bridgehead atoms. The third-order valence-electron chi connectivity index (χ3n) is 6.08. The number of hydrogen-bond acceptors (Lipinski definition) is 2. The van der Waals surface area contributed by atoms with Crippen LogP contribution in [0.4, 0.5) is 0 Å². The summed E-state index contributed by atoms with van der Waals surface area (Å²) in [5.41, 5.74) is 3.88. The molecule has 0 spiro atoms. The van der Waals surface area contributed by atoms with Crippen molar-refractivity contribution in [2.75, 3.05) is 13.2 Å². The molecule has 2 aromatic carbocycles. The van der Waals surface area contributed by atoms with E-state index in [2.05, 4.69) is 60.4 Å². The summed E-state index contributed by atoms with van der Waals surface area (Å²) in [5.74, 6) is 0.778. The minimum absolute atomic E-state index is 0.0513. The number of hydrogen-bond donors (Lipinski definition) is 0. The molecule has 0 aromatic heterocycles. The van der Waals surface area contributed by atoms with Crippen molar-refractivity contribution in [1.82, 2.24) is 4.90 Å². The zero-order valence-corrected chi connectivity index (χ0v) is 15.4. The highest BCUT2D eigenvalue weighted by atomic mass is 16.5. The summed E-state index contributed by atoms with van der Waals surface area (Å²) in [6.07, 6.45) is 2.88. The lowest BCUT2D eigenvalue weighted by atomic mass is 9.84. The van der Waals surface area contributed by atoms with Crippen LogP contribution < -0.4 is 0 Å². The van der Waals surface area contributed by atoms with E-state index < -0.39 is 0 Å².